The Hall–Kier alpha value is -0.510. The van der Waals surface area contributed by atoms with Gasteiger partial charge in [-0.3, -0.25) is 0 Å². The van der Waals surface area contributed by atoms with Crippen LogP contribution < -0.4 is 5.73 Å². The number of rotatable bonds is 0. The number of fused-ring (bicyclic) bond motifs is 1. The minimum absolute atomic E-state index is 0.581. The van der Waals surface area contributed by atoms with Gasteiger partial charge in [-0.15, -0.1) is 0 Å². The van der Waals surface area contributed by atoms with Crippen molar-refractivity contribution in [1.82, 2.24) is 9.55 Å². The van der Waals surface area contributed by atoms with Crippen LogP contribution in [0, 0.1) is 0 Å². The van der Waals surface area contributed by atoms with Crippen molar-refractivity contribution in [3.05, 3.63) is 10.3 Å². The van der Waals surface area contributed by atoms with Crippen LogP contribution in [-0.4, -0.2) is 9.55 Å². The van der Waals surface area contributed by atoms with Gasteiger partial charge in [0, 0.05) is 6.54 Å². The Kier molecular flexibility index (Phi) is 1.87. The van der Waals surface area contributed by atoms with Gasteiger partial charge >= 0.3 is 0 Å². The van der Waals surface area contributed by atoms with E-state index in [0.29, 0.717) is 11.9 Å². The van der Waals surface area contributed by atoms with Gasteiger partial charge in [-0.25, -0.2) is 4.98 Å². The molecule has 12 heavy (non-hydrogen) atoms. The lowest BCUT2D eigenvalue weighted by molar-refractivity contribution is 0.477. The summed E-state index contributed by atoms with van der Waals surface area (Å²) in [5, 5.41) is 0. The van der Waals surface area contributed by atoms with Crippen LogP contribution in [0.15, 0.2) is 4.60 Å². The number of anilines is 1. The molecule has 4 heteroatoms. The number of imidazole rings is 1. The maximum atomic E-state index is 5.75. The molecule has 1 unspecified atom stereocenters. The number of nitrogens with two attached hydrogens (primary N) is 1. The molecule has 0 aromatic carbocycles. The summed E-state index contributed by atoms with van der Waals surface area (Å²) in [5.41, 5.74) is 7.01. The minimum Gasteiger partial charge on any atom is -0.369 e. The molecule has 0 aliphatic carbocycles. The molecule has 0 saturated heterocycles. The molecule has 0 bridgehead atoms. The molecule has 1 atom stereocenters. The quantitative estimate of drug-likeness (QED) is 0.741. The van der Waals surface area contributed by atoms with Gasteiger partial charge in [0.25, 0.3) is 0 Å². The van der Waals surface area contributed by atoms with E-state index in [4.69, 9.17) is 5.73 Å². The summed E-state index contributed by atoms with van der Waals surface area (Å²) in [6.45, 7) is 3.24. The zero-order valence-corrected chi connectivity index (χ0v) is 8.63. The molecule has 0 amide bonds. The molecule has 1 aromatic rings. The van der Waals surface area contributed by atoms with Gasteiger partial charge in [0.1, 0.15) is 4.60 Å². The van der Waals surface area contributed by atoms with Crippen molar-refractivity contribution in [2.24, 2.45) is 0 Å². The first-order valence-corrected chi connectivity index (χ1v) is 5.01. The Bertz CT molecular complexity index is 305. The fourth-order valence-corrected chi connectivity index (χ4v) is 2.64. The van der Waals surface area contributed by atoms with Crippen LogP contribution in [0.2, 0.25) is 0 Å². The number of aromatic nitrogens is 2. The largest absolute Gasteiger partial charge is 0.369 e. The van der Waals surface area contributed by atoms with Crippen LogP contribution in [0.25, 0.3) is 0 Å². The first-order chi connectivity index (χ1) is 5.70. The van der Waals surface area contributed by atoms with Crippen molar-refractivity contribution in [3.63, 3.8) is 0 Å². The van der Waals surface area contributed by atoms with Gasteiger partial charge in [0.05, 0.1) is 5.69 Å². The van der Waals surface area contributed by atoms with E-state index in [1.165, 1.54) is 18.5 Å². The summed E-state index contributed by atoms with van der Waals surface area (Å²) in [5.74, 6) is 1.22. The zero-order valence-electron chi connectivity index (χ0n) is 7.05. The fraction of sp³-hybridized carbons (Fsp3) is 0.625. The molecule has 1 aliphatic heterocycles. The van der Waals surface area contributed by atoms with E-state index < -0.39 is 0 Å². The van der Waals surface area contributed by atoms with Crippen LogP contribution in [0.1, 0.15) is 31.4 Å². The molecule has 66 valence electrons. The average Bonchev–Trinajstić information content (AvgIpc) is 2.29. The highest BCUT2D eigenvalue weighted by molar-refractivity contribution is 9.10. The fourth-order valence-electron chi connectivity index (χ4n) is 1.85. The monoisotopic (exact) mass is 229 g/mol. The Balaban J connectivity index is 2.55. The van der Waals surface area contributed by atoms with E-state index in [1.807, 2.05) is 0 Å². The smallest absolute Gasteiger partial charge is 0.201 e. The van der Waals surface area contributed by atoms with Crippen LogP contribution in [0.3, 0.4) is 0 Å². The van der Waals surface area contributed by atoms with Crippen molar-refractivity contribution >= 4 is 21.9 Å². The van der Waals surface area contributed by atoms with Crippen LogP contribution in [0.5, 0.6) is 0 Å². The summed E-state index contributed by atoms with van der Waals surface area (Å²) >= 11 is 3.43. The third-order valence-corrected chi connectivity index (χ3v) is 3.06. The van der Waals surface area contributed by atoms with E-state index >= 15 is 0 Å². The number of hydrogen-bond donors (Lipinski definition) is 1. The second-order valence-corrected chi connectivity index (χ2v) is 4.09. The van der Waals surface area contributed by atoms with Gasteiger partial charge in [-0.05, 0) is 34.7 Å². The summed E-state index contributed by atoms with van der Waals surface area (Å²) in [6, 6.07) is 0. The predicted octanol–water partition coefficient (Wildman–Crippen LogP) is 2.13. The van der Waals surface area contributed by atoms with E-state index in [2.05, 4.69) is 32.4 Å². The maximum Gasteiger partial charge on any atom is 0.201 e. The van der Waals surface area contributed by atoms with Gasteiger partial charge in [-0.2, -0.15) is 0 Å². The first-order valence-electron chi connectivity index (χ1n) is 4.21. The normalized spacial score (nSPS) is 22.3. The molecule has 0 radical (unpaired) electrons. The van der Waals surface area contributed by atoms with Crippen LogP contribution >= 0.6 is 15.9 Å². The molecule has 0 fully saturated rings. The second kappa shape index (κ2) is 2.76. The molecule has 2 heterocycles. The van der Waals surface area contributed by atoms with Crippen molar-refractivity contribution < 1.29 is 0 Å². The molecule has 2 N–H and O–H groups in total. The summed E-state index contributed by atoms with van der Waals surface area (Å²) in [6.07, 6.45) is 2.45. The Labute approximate surface area is 80.1 Å². The van der Waals surface area contributed by atoms with Crippen molar-refractivity contribution in [2.45, 2.75) is 32.2 Å². The summed E-state index contributed by atoms with van der Waals surface area (Å²) < 4.78 is 3.03. The highest BCUT2D eigenvalue weighted by Crippen LogP contribution is 2.33. The molecule has 1 aliphatic rings. The third-order valence-electron chi connectivity index (χ3n) is 2.48. The zero-order chi connectivity index (χ0) is 8.72. The van der Waals surface area contributed by atoms with Gasteiger partial charge in [0.15, 0.2) is 0 Å². The standard InChI is InChI=1S/C8H12BrN3/c1-5-3-2-4-12-6(5)7(9)11-8(12)10/h5H,2-4H2,1H3,(H2,10,11). The number of hydrogen-bond acceptors (Lipinski definition) is 2. The van der Waals surface area contributed by atoms with Crippen LogP contribution in [0.4, 0.5) is 5.95 Å². The van der Waals surface area contributed by atoms with Crippen LogP contribution in [-0.2, 0) is 6.54 Å². The molecule has 1 aromatic heterocycles. The average molecular weight is 230 g/mol. The molecule has 2 rings (SSSR count). The molecular weight excluding hydrogens is 218 g/mol. The Morgan fingerprint density at radius 3 is 3.08 bits per heavy atom. The van der Waals surface area contributed by atoms with Gasteiger partial charge < -0.3 is 10.3 Å². The predicted molar refractivity (Wildman–Crippen MR) is 52.0 cm³/mol. The third kappa shape index (κ3) is 1.05. The molecule has 3 nitrogen and oxygen atoms in total. The highest BCUT2D eigenvalue weighted by Gasteiger charge is 2.22. The van der Waals surface area contributed by atoms with Crippen molar-refractivity contribution in [1.29, 1.82) is 0 Å². The number of nitrogens with zero attached hydrogens (tertiary/aromatic N) is 2. The number of halogens is 1. The summed E-state index contributed by atoms with van der Waals surface area (Å²) in [7, 11) is 0. The first kappa shape index (κ1) is 8.10. The topological polar surface area (TPSA) is 43.8 Å². The van der Waals surface area contributed by atoms with E-state index in [9.17, 15) is 0 Å². The van der Waals surface area contributed by atoms with E-state index in [-0.39, 0.29) is 0 Å². The van der Waals surface area contributed by atoms with E-state index in [0.717, 1.165) is 11.1 Å². The minimum atomic E-state index is 0.581. The lowest BCUT2D eigenvalue weighted by Crippen LogP contribution is -2.15. The van der Waals surface area contributed by atoms with Gasteiger partial charge in [-0.1, -0.05) is 6.92 Å². The van der Waals surface area contributed by atoms with Crippen molar-refractivity contribution in [3.8, 4) is 0 Å². The molecule has 0 spiro atoms. The SMILES string of the molecule is CC1CCCn2c(N)nc(Br)c21. The lowest BCUT2D eigenvalue weighted by Gasteiger charge is -2.21. The Morgan fingerprint density at radius 2 is 2.42 bits per heavy atom. The molecular formula is C8H12BrN3. The second-order valence-electron chi connectivity index (χ2n) is 3.34. The van der Waals surface area contributed by atoms with Crippen molar-refractivity contribution in [2.75, 3.05) is 5.73 Å². The van der Waals surface area contributed by atoms with E-state index in [1.54, 1.807) is 0 Å². The number of nitrogen functional groups attached to an aromatic ring is 1. The molecule has 0 saturated carbocycles. The summed E-state index contributed by atoms with van der Waals surface area (Å²) in [4.78, 5) is 4.20. The lowest BCUT2D eigenvalue weighted by atomic mass is 9.99. The highest BCUT2D eigenvalue weighted by atomic mass is 79.9. The maximum absolute atomic E-state index is 5.75. The van der Waals surface area contributed by atoms with Gasteiger partial charge in [0.2, 0.25) is 5.95 Å². The Morgan fingerprint density at radius 1 is 1.67 bits per heavy atom.